The van der Waals surface area contributed by atoms with Gasteiger partial charge in [-0.1, -0.05) is 127 Å². The predicted molar refractivity (Wildman–Crippen MR) is 205 cm³/mol. The molecule has 0 aliphatic carbocycles. The second-order valence-electron chi connectivity index (χ2n) is 12.6. The first-order chi connectivity index (χ1) is 24.3. The summed E-state index contributed by atoms with van der Waals surface area (Å²) < 4.78 is 2.37. The van der Waals surface area contributed by atoms with Gasteiger partial charge in [0, 0.05) is 39.6 Å². The van der Waals surface area contributed by atoms with Crippen LogP contribution in [0.2, 0.25) is 0 Å². The van der Waals surface area contributed by atoms with Crippen LogP contribution in [-0.2, 0) is 0 Å². The van der Waals surface area contributed by atoms with Gasteiger partial charge < -0.3 is 4.57 Å². The number of aromatic nitrogens is 3. The summed E-state index contributed by atoms with van der Waals surface area (Å²) >= 11 is 0. The van der Waals surface area contributed by atoms with E-state index >= 15 is 0 Å². The lowest BCUT2D eigenvalue weighted by Gasteiger charge is -2.12. The maximum Gasteiger partial charge on any atom is 0.0971 e. The van der Waals surface area contributed by atoms with E-state index in [9.17, 15) is 0 Å². The number of rotatable bonds is 4. The fourth-order valence-electron chi connectivity index (χ4n) is 7.57. The van der Waals surface area contributed by atoms with Gasteiger partial charge in [-0.05, 0) is 80.6 Å². The minimum Gasteiger partial charge on any atom is -0.309 e. The minimum absolute atomic E-state index is 0.942. The summed E-state index contributed by atoms with van der Waals surface area (Å²) in [6.45, 7) is 0. The van der Waals surface area contributed by atoms with Gasteiger partial charge in [0.1, 0.15) is 0 Å². The van der Waals surface area contributed by atoms with Gasteiger partial charge in [-0.15, -0.1) is 0 Å². The molecule has 2 aromatic heterocycles. The van der Waals surface area contributed by atoms with Gasteiger partial charge >= 0.3 is 0 Å². The van der Waals surface area contributed by atoms with E-state index in [-0.39, 0.29) is 0 Å². The largest absolute Gasteiger partial charge is 0.309 e. The predicted octanol–water partition coefficient (Wildman–Crippen LogP) is 12.0. The van der Waals surface area contributed by atoms with Crippen molar-refractivity contribution in [2.75, 3.05) is 0 Å². The van der Waals surface area contributed by atoms with Crippen LogP contribution in [0, 0.1) is 0 Å². The first kappa shape index (κ1) is 27.5. The standard InChI is InChI=1S/C46H29N3/c1-2-16-40-37(13-1)42-29-35(23-24-41(42)46-45(40)47-25-26-48-46)33-10-7-9-32(27-33)30-19-21-31(22-20-30)34-11-8-12-36(28-34)49-43-17-5-3-14-38(43)39-15-4-6-18-44(39)49/h1-29H. The lowest BCUT2D eigenvalue weighted by atomic mass is 9.94. The molecule has 0 aliphatic heterocycles. The average molecular weight is 624 g/mol. The summed E-state index contributed by atoms with van der Waals surface area (Å²) in [4.78, 5) is 9.41. The van der Waals surface area contributed by atoms with Crippen molar-refractivity contribution >= 4 is 54.4 Å². The second kappa shape index (κ2) is 11.0. The molecular formula is C46H29N3. The molecule has 49 heavy (non-hydrogen) atoms. The Morgan fingerprint density at radius 3 is 1.43 bits per heavy atom. The van der Waals surface area contributed by atoms with Crippen LogP contribution in [0.4, 0.5) is 0 Å². The highest BCUT2D eigenvalue weighted by molar-refractivity contribution is 6.23. The zero-order valence-corrected chi connectivity index (χ0v) is 26.6. The molecule has 0 saturated carbocycles. The molecule has 0 fully saturated rings. The fourth-order valence-corrected chi connectivity index (χ4v) is 7.57. The van der Waals surface area contributed by atoms with E-state index < -0.39 is 0 Å². The molecule has 10 rings (SSSR count). The quantitative estimate of drug-likeness (QED) is 0.183. The van der Waals surface area contributed by atoms with E-state index in [2.05, 4.69) is 173 Å². The molecule has 10 aromatic rings. The maximum atomic E-state index is 4.72. The molecule has 0 atom stereocenters. The zero-order chi connectivity index (χ0) is 32.3. The van der Waals surface area contributed by atoms with Crippen LogP contribution in [0.25, 0.3) is 93.5 Å². The normalized spacial score (nSPS) is 11.7. The van der Waals surface area contributed by atoms with Crippen molar-refractivity contribution in [3.8, 4) is 39.1 Å². The molecule has 3 heteroatoms. The molecule has 0 N–H and O–H groups in total. The molecular weight excluding hydrogens is 595 g/mol. The Bertz CT molecular complexity index is 2790. The summed E-state index contributed by atoms with van der Waals surface area (Å²) in [5, 5.41) is 7.19. The summed E-state index contributed by atoms with van der Waals surface area (Å²) in [5.74, 6) is 0. The van der Waals surface area contributed by atoms with Crippen LogP contribution in [0.5, 0.6) is 0 Å². The van der Waals surface area contributed by atoms with Gasteiger partial charge in [0.15, 0.2) is 0 Å². The third kappa shape index (κ3) is 4.44. The first-order valence-electron chi connectivity index (χ1n) is 16.7. The highest BCUT2D eigenvalue weighted by Gasteiger charge is 2.14. The van der Waals surface area contributed by atoms with Gasteiger partial charge in [0.2, 0.25) is 0 Å². The molecule has 0 saturated heterocycles. The number of hydrogen-bond donors (Lipinski definition) is 0. The van der Waals surface area contributed by atoms with Crippen molar-refractivity contribution in [3.05, 3.63) is 176 Å². The van der Waals surface area contributed by atoms with E-state index in [0.717, 1.165) is 27.5 Å². The van der Waals surface area contributed by atoms with E-state index in [1.807, 2.05) is 0 Å². The number of benzene rings is 8. The summed E-state index contributed by atoms with van der Waals surface area (Å²) in [6.07, 6.45) is 3.55. The number of nitrogens with zero attached hydrogens (tertiary/aromatic N) is 3. The SMILES string of the molecule is c1cc(-c2ccc(-c3cccc(-n4c5ccccc5c5ccccc54)c3)cc2)cc(-c2ccc3c(c2)c2ccccc2c2nccnc32)c1. The Morgan fingerprint density at radius 1 is 0.306 bits per heavy atom. The van der Waals surface area contributed by atoms with Crippen molar-refractivity contribution in [2.45, 2.75) is 0 Å². The molecule has 2 heterocycles. The van der Waals surface area contributed by atoms with Crippen molar-refractivity contribution in [3.63, 3.8) is 0 Å². The van der Waals surface area contributed by atoms with Crippen LogP contribution in [-0.4, -0.2) is 14.5 Å². The smallest absolute Gasteiger partial charge is 0.0971 e. The van der Waals surface area contributed by atoms with E-state index in [1.54, 1.807) is 12.4 Å². The Kier molecular flexibility index (Phi) is 6.18. The van der Waals surface area contributed by atoms with Gasteiger partial charge in [0.05, 0.1) is 22.1 Å². The van der Waals surface area contributed by atoms with E-state index in [4.69, 9.17) is 4.98 Å². The van der Waals surface area contributed by atoms with Gasteiger partial charge in [-0.3, -0.25) is 9.97 Å². The molecule has 0 amide bonds. The van der Waals surface area contributed by atoms with Gasteiger partial charge in [-0.25, -0.2) is 0 Å². The Labute approximate surface area is 283 Å². The summed E-state index contributed by atoms with van der Waals surface area (Å²) in [6, 6.07) is 59.2. The van der Waals surface area contributed by atoms with Crippen LogP contribution in [0.1, 0.15) is 0 Å². The second-order valence-corrected chi connectivity index (χ2v) is 12.6. The zero-order valence-electron chi connectivity index (χ0n) is 26.6. The van der Waals surface area contributed by atoms with Crippen LogP contribution < -0.4 is 0 Å². The highest BCUT2D eigenvalue weighted by Crippen LogP contribution is 2.37. The molecule has 0 unspecified atom stereocenters. The molecule has 8 aromatic carbocycles. The Balaban J connectivity index is 1.01. The minimum atomic E-state index is 0.942. The third-order valence-electron chi connectivity index (χ3n) is 9.88. The average Bonchev–Trinajstić information content (AvgIpc) is 3.52. The molecule has 228 valence electrons. The Hall–Kier alpha value is -6.58. The lowest BCUT2D eigenvalue weighted by Crippen LogP contribution is -1.94. The monoisotopic (exact) mass is 623 g/mol. The third-order valence-corrected chi connectivity index (χ3v) is 9.88. The van der Waals surface area contributed by atoms with Crippen LogP contribution in [0.15, 0.2) is 176 Å². The number of hydrogen-bond acceptors (Lipinski definition) is 2. The number of fused-ring (bicyclic) bond motifs is 9. The van der Waals surface area contributed by atoms with E-state index in [0.29, 0.717) is 0 Å². The van der Waals surface area contributed by atoms with Crippen LogP contribution in [0.3, 0.4) is 0 Å². The Morgan fingerprint density at radius 2 is 0.776 bits per heavy atom. The molecule has 0 spiro atoms. The molecule has 3 nitrogen and oxygen atoms in total. The van der Waals surface area contributed by atoms with E-state index in [1.165, 1.54) is 66.0 Å². The molecule has 0 bridgehead atoms. The topological polar surface area (TPSA) is 30.7 Å². The maximum absolute atomic E-state index is 4.72. The van der Waals surface area contributed by atoms with Crippen LogP contribution >= 0.6 is 0 Å². The first-order valence-corrected chi connectivity index (χ1v) is 16.7. The van der Waals surface area contributed by atoms with Gasteiger partial charge in [-0.2, -0.15) is 0 Å². The van der Waals surface area contributed by atoms with Crippen molar-refractivity contribution in [1.82, 2.24) is 14.5 Å². The molecule has 0 radical (unpaired) electrons. The van der Waals surface area contributed by atoms with Crippen molar-refractivity contribution in [1.29, 1.82) is 0 Å². The summed E-state index contributed by atoms with van der Waals surface area (Å²) in [7, 11) is 0. The fraction of sp³-hybridized carbons (Fsp3) is 0. The number of para-hydroxylation sites is 2. The van der Waals surface area contributed by atoms with Crippen molar-refractivity contribution in [2.24, 2.45) is 0 Å². The van der Waals surface area contributed by atoms with Crippen molar-refractivity contribution < 1.29 is 0 Å². The highest BCUT2D eigenvalue weighted by atomic mass is 15.0. The van der Waals surface area contributed by atoms with Gasteiger partial charge in [0.25, 0.3) is 0 Å². The molecule has 0 aliphatic rings. The lowest BCUT2D eigenvalue weighted by molar-refractivity contribution is 1.18. The summed E-state index contributed by atoms with van der Waals surface area (Å²) in [5.41, 5.74) is 12.6.